The number of carbonyl (C=O) groups is 2. The molecule has 0 radical (unpaired) electrons. The maximum atomic E-state index is 12.9. The number of nitrogens with zero attached hydrogens (tertiary/aromatic N) is 4. The molecule has 0 spiro atoms. The molecule has 0 unspecified atom stereocenters. The van der Waals surface area contributed by atoms with Crippen LogP contribution in [0.15, 0.2) is 41.5 Å². The molecule has 1 N–H and O–H groups in total. The molecule has 2 saturated heterocycles. The second-order valence-electron chi connectivity index (χ2n) is 8.03. The van der Waals surface area contributed by atoms with E-state index in [2.05, 4.69) is 16.0 Å². The molecule has 8 nitrogen and oxygen atoms in total. The van der Waals surface area contributed by atoms with Crippen molar-refractivity contribution in [2.75, 3.05) is 33.7 Å². The second-order valence-corrected chi connectivity index (χ2v) is 8.03. The van der Waals surface area contributed by atoms with Crippen LogP contribution in [0.25, 0.3) is 0 Å². The van der Waals surface area contributed by atoms with Gasteiger partial charge in [-0.25, -0.2) is 9.78 Å². The van der Waals surface area contributed by atoms with Crippen molar-refractivity contribution in [2.24, 2.45) is 11.8 Å². The van der Waals surface area contributed by atoms with E-state index in [0.29, 0.717) is 19.6 Å². The van der Waals surface area contributed by atoms with Gasteiger partial charge in [0.05, 0.1) is 6.04 Å². The number of amides is 3. The Kier molecular flexibility index (Phi) is 4.86. The Hall–Kier alpha value is -3.16. The largest absolute Gasteiger partial charge is 0.336 e. The number of rotatable bonds is 2. The van der Waals surface area contributed by atoms with Crippen LogP contribution in [0, 0.1) is 18.8 Å². The summed E-state index contributed by atoms with van der Waals surface area (Å²) in [4.78, 5) is 49.4. The van der Waals surface area contributed by atoms with Gasteiger partial charge in [0.25, 0.3) is 11.5 Å². The lowest BCUT2D eigenvalue weighted by atomic mass is 9.88. The van der Waals surface area contributed by atoms with E-state index in [1.54, 1.807) is 23.9 Å². The molecule has 4 rings (SSSR count). The van der Waals surface area contributed by atoms with E-state index in [9.17, 15) is 14.4 Å². The summed E-state index contributed by atoms with van der Waals surface area (Å²) in [6.45, 7) is 3.64. The number of likely N-dealkylation sites (tertiary alicyclic amines) is 2. The van der Waals surface area contributed by atoms with Crippen molar-refractivity contribution < 1.29 is 9.59 Å². The molecule has 2 aliphatic rings. The molecule has 8 heteroatoms. The summed E-state index contributed by atoms with van der Waals surface area (Å²) in [5.74, 6) is -0.0720. The van der Waals surface area contributed by atoms with Gasteiger partial charge in [0.15, 0.2) is 5.69 Å². The van der Waals surface area contributed by atoms with Crippen molar-refractivity contribution in [1.82, 2.24) is 24.7 Å². The van der Waals surface area contributed by atoms with Gasteiger partial charge in [-0.1, -0.05) is 24.3 Å². The smallest absolute Gasteiger partial charge is 0.320 e. The van der Waals surface area contributed by atoms with E-state index in [1.807, 2.05) is 30.0 Å². The molecule has 1 aromatic heterocycles. The number of benzene rings is 1. The van der Waals surface area contributed by atoms with Crippen LogP contribution < -0.4 is 5.56 Å². The van der Waals surface area contributed by atoms with Crippen molar-refractivity contribution in [2.45, 2.75) is 13.0 Å². The topological polar surface area (TPSA) is 89.6 Å². The van der Waals surface area contributed by atoms with Gasteiger partial charge in [-0.3, -0.25) is 9.59 Å². The van der Waals surface area contributed by atoms with E-state index in [-0.39, 0.29) is 35.5 Å². The van der Waals surface area contributed by atoms with Gasteiger partial charge >= 0.3 is 6.03 Å². The van der Waals surface area contributed by atoms with Gasteiger partial charge in [0, 0.05) is 58.0 Å². The van der Waals surface area contributed by atoms with E-state index in [4.69, 9.17) is 0 Å². The fraction of sp³-hybridized carbons (Fsp3) is 0.429. The number of aromatic amines is 1. The monoisotopic (exact) mass is 395 g/mol. The Morgan fingerprint density at radius 3 is 2.62 bits per heavy atom. The number of H-pyrrole nitrogens is 1. The van der Waals surface area contributed by atoms with Crippen molar-refractivity contribution >= 4 is 11.9 Å². The van der Waals surface area contributed by atoms with Crippen LogP contribution >= 0.6 is 0 Å². The number of carbonyl (C=O) groups excluding carboxylic acids is 2. The molecule has 3 heterocycles. The van der Waals surface area contributed by atoms with Crippen LogP contribution in [0.3, 0.4) is 0 Å². The molecule has 152 valence electrons. The van der Waals surface area contributed by atoms with Gasteiger partial charge in [0.1, 0.15) is 0 Å². The minimum absolute atomic E-state index is 0.0216. The van der Waals surface area contributed by atoms with Crippen molar-refractivity contribution in [3.63, 3.8) is 0 Å². The fourth-order valence-corrected chi connectivity index (χ4v) is 4.64. The number of aromatic nitrogens is 2. The lowest BCUT2D eigenvalue weighted by Crippen LogP contribution is -2.42. The van der Waals surface area contributed by atoms with Crippen LogP contribution in [0.5, 0.6) is 0 Å². The lowest BCUT2D eigenvalue weighted by Gasteiger charge is -2.32. The first-order valence-corrected chi connectivity index (χ1v) is 9.75. The fourth-order valence-electron chi connectivity index (χ4n) is 4.64. The van der Waals surface area contributed by atoms with E-state index < -0.39 is 5.56 Å². The van der Waals surface area contributed by atoms with E-state index in [1.165, 1.54) is 12.4 Å². The van der Waals surface area contributed by atoms with Gasteiger partial charge in [-0.2, -0.15) is 0 Å². The normalized spacial score (nSPS) is 23.2. The van der Waals surface area contributed by atoms with Gasteiger partial charge < -0.3 is 19.7 Å². The zero-order valence-electron chi connectivity index (χ0n) is 16.8. The Balaban J connectivity index is 1.65. The highest BCUT2D eigenvalue weighted by molar-refractivity contribution is 5.92. The molecule has 29 heavy (non-hydrogen) atoms. The zero-order valence-corrected chi connectivity index (χ0v) is 16.8. The summed E-state index contributed by atoms with van der Waals surface area (Å²) in [7, 11) is 3.52. The number of fused-ring (bicyclic) bond motifs is 1. The SMILES string of the molecule is Cc1ccccc1[C@H]1[C@@H]2CN(C(=O)c3ncc[nH]c3=O)C[C@@H]2CN1C(=O)N(C)C. The Bertz CT molecular complexity index is 1000. The Morgan fingerprint density at radius 2 is 1.93 bits per heavy atom. The number of hydrogen-bond donors (Lipinski definition) is 1. The van der Waals surface area contributed by atoms with Crippen molar-refractivity contribution in [3.8, 4) is 0 Å². The third-order valence-electron chi connectivity index (χ3n) is 6.00. The minimum atomic E-state index is -0.477. The quantitative estimate of drug-likeness (QED) is 0.835. The summed E-state index contributed by atoms with van der Waals surface area (Å²) in [5, 5.41) is 0. The molecular weight excluding hydrogens is 370 g/mol. The third kappa shape index (κ3) is 3.28. The molecule has 0 bridgehead atoms. The molecular formula is C21H25N5O3. The molecule has 0 aliphatic carbocycles. The van der Waals surface area contributed by atoms with Crippen molar-refractivity contribution in [1.29, 1.82) is 0 Å². The highest BCUT2D eigenvalue weighted by Crippen LogP contribution is 2.46. The van der Waals surface area contributed by atoms with Gasteiger partial charge in [0.2, 0.25) is 0 Å². The lowest BCUT2D eigenvalue weighted by molar-refractivity contribution is 0.0758. The Labute approximate surface area is 169 Å². The predicted molar refractivity (Wildman–Crippen MR) is 107 cm³/mol. The first-order chi connectivity index (χ1) is 13.9. The second kappa shape index (κ2) is 7.35. The average molecular weight is 395 g/mol. The number of hydrogen-bond acceptors (Lipinski definition) is 4. The third-order valence-corrected chi connectivity index (χ3v) is 6.00. The van der Waals surface area contributed by atoms with Crippen LogP contribution in [-0.4, -0.2) is 70.3 Å². The maximum absolute atomic E-state index is 12.9. The van der Waals surface area contributed by atoms with Crippen LogP contribution in [0.4, 0.5) is 4.79 Å². The van der Waals surface area contributed by atoms with Crippen LogP contribution in [0.1, 0.15) is 27.7 Å². The standard InChI is InChI=1S/C21H25N5O3/c1-13-6-4-5-7-15(13)18-16-12-25(20(28)17-19(27)23-9-8-22-17)10-14(16)11-26(18)21(29)24(2)3/h4-9,14,16,18H,10-12H2,1-3H3,(H,23,27)/t14-,16-,18+/m1/s1. The Morgan fingerprint density at radius 1 is 1.17 bits per heavy atom. The van der Waals surface area contributed by atoms with Crippen molar-refractivity contribution in [3.05, 3.63) is 63.8 Å². The molecule has 2 aliphatic heterocycles. The summed E-state index contributed by atoms with van der Waals surface area (Å²) in [6, 6.07) is 7.96. The first kappa shape index (κ1) is 19.2. The molecule has 2 aromatic rings. The molecule has 3 atom stereocenters. The molecule has 3 amide bonds. The zero-order chi connectivity index (χ0) is 20.7. The van der Waals surface area contributed by atoms with E-state index in [0.717, 1.165) is 11.1 Å². The van der Waals surface area contributed by atoms with Gasteiger partial charge in [-0.05, 0) is 18.1 Å². The number of urea groups is 1. The average Bonchev–Trinajstić information content (AvgIpc) is 3.26. The molecule has 2 fully saturated rings. The summed E-state index contributed by atoms with van der Waals surface area (Å²) in [6.07, 6.45) is 2.83. The number of nitrogens with one attached hydrogen (secondary N) is 1. The number of aryl methyl sites for hydroxylation is 1. The van der Waals surface area contributed by atoms with E-state index >= 15 is 0 Å². The van der Waals surface area contributed by atoms with Gasteiger partial charge in [-0.15, -0.1) is 0 Å². The minimum Gasteiger partial charge on any atom is -0.336 e. The predicted octanol–water partition coefficient (Wildman–Crippen LogP) is 1.51. The first-order valence-electron chi connectivity index (χ1n) is 9.75. The van der Waals surface area contributed by atoms with Crippen LogP contribution in [-0.2, 0) is 0 Å². The molecule has 1 aromatic carbocycles. The van der Waals surface area contributed by atoms with Crippen LogP contribution in [0.2, 0.25) is 0 Å². The summed E-state index contributed by atoms with van der Waals surface area (Å²) >= 11 is 0. The summed E-state index contributed by atoms with van der Waals surface area (Å²) in [5.41, 5.74) is 1.68. The summed E-state index contributed by atoms with van der Waals surface area (Å²) < 4.78 is 0. The molecule has 0 saturated carbocycles. The highest BCUT2D eigenvalue weighted by atomic mass is 16.2. The maximum Gasteiger partial charge on any atom is 0.320 e. The highest BCUT2D eigenvalue weighted by Gasteiger charge is 2.51.